The third-order valence-electron chi connectivity index (χ3n) is 3.99. The normalized spacial score (nSPS) is 25.1. The van der Waals surface area contributed by atoms with Gasteiger partial charge in [0.05, 0.1) is 11.8 Å². The number of hydrogen-bond acceptors (Lipinski definition) is 3. The molecule has 0 saturated carbocycles. The lowest BCUT2D eigenvalue weighted by molar-refractivity contribution is -0.138. The van der Waals surface area contributed by atoms with Crippen LogP contribution < -0.4 is 10.6 Å². The first-order chi connectivity index (χ1) is 8.42. The summed E-state index contributed by atoms with van der Waals surface area (Å²) >= 11 is 0. The molecule has 2 atom stereocenters. The lowest BCUT2D eigenvalue weighted by atomic mass is 9.75. The number of rotatable bonds is 6. The molecule has 0 spiro atoms. The summed E-state index contributed by atoms with van der Waals surface area (Å²) in [4.78, 5) is 23.1. The first-order valence-corrected chi connectivity index (χ1v) is 6.66. The lowest BCUT2D eigenvalue weighted by Gasteiger charge is -2.32. The molecule has 0 bridgehead atoms. The van der Waals surface area contributed by atoms with E-state index in [4.69, 9.17) is 5.11 Å². The molecule has 0 aromatic heterocycles. The molecule has 0 aliphatic carbocycles. The molecule has 1 amide bonds. The van der Waals surface area contributed by atoms with Crippen LogP contribution in [0.4, 0.5) is 0 Å². The predicted molar refractivity (Wildman–Crippen MR) is 69.2 cm³/mol. The van der Waals surface area contributed by atoms with Crippen LogP contribution in [0.25, 0.3) is 0 Å². The standard InChI is InChI=1S/C13H24N2O3/c1-4-10(7-11(16)17)15-12(18)13(9(2)3)5-6-14-8-13/h9-10,14H,4-8H2,1-3H3,(H,15,18)(H,16,17). The molecule has 5 nitrogen and oxygen atoms in total. The van der Waals surface area contributed by atoms with E-state index < -0.39 is 5.97 Å². The number of carboxylic acids is 1. The van der Waals surface area contributed by atoms with Crippen molar-refractivity contribution in [1.29, 1.82) is 0 Å². The van der Waals surface area contributed by atoms with Gasteiger partial charge in [-0.25, -0.2) is 0 Å². The Kier molecular flexibility index (Phi) is 5.14. The summed E-state index contributed by atoms with van der Waals surface area (Å²) in [6.07, 6.45) is 1.45. The van der Waals surface area contributed by atoms with Crippen LogP contribution in [0.3, 0.4) is 0 Å². The summed E-state index contributed by atoms with van der Waals surface area (Å²) in [5, 5.41) is 14.9. The number of nitrogens with one attached hydrogen (secondary N) is 2. The van der Waals surface area contributed by atoms with Gasteiger partial charge >= 0.3 is 5.97 Å². The number of aliphatic carboxylic acids is 1. The zero-order valence-electron chi connectivity index (χ0n) is 11.5. The average Bonchev–Trinajstić information content (AvgIpc) is 2.77. The van der Waals surface area contributed by atoms with Crippen molar-refractivity contribution in [3.8, 4) is 0 Å². The molecule has 1 aliphatic rings. The van der Waals surface area contributed by atoms with Gasteiger partial charge in [-0.15, -0.1) is 0 Å². The molecule has 104 valence electrons. The lowest BCUT2D eigenvalue weighted by Crippen LogP contribution is -2.49. The SMILES string of the molecule is CCC(CC(=O)O)NC(=O)C1(C(C)C)CCNC1. The summed E-state index contributed by atoms with van der Waals surface area (Å²) in [7, 11) is 0. The molecule has 2 unspecified atom stereocenters. The molecule has 5 heteroatoms. The smallest absolute Gasteiger partial charge is 0.305 e. The maximum absolute atomic E-state index is 12.4. The van der Waals surface area contributed by atoms with E-state index in [9.17, 15) is 9.59 Å². The zero-order chi connectivity index (χ0) is 13.8. The van der Waals surface area contributed by atoms with Crippen LogP contribution in [0.2, 0.25) is 0 Å². The van der Waals surface area contributed by atoms with Crippen LogP contribution >= 0.6 is 0 Å². The second kappa shape index (κ2) is 6.18. The number of carbonyl (C=O) groups excluding carboxylic acids is 1. The largest absolute Gasteiger partial charge is 0.481 e. The fourth-order valence-corrected chi connectivity index (χ4v) is 2.50. The van der Waals surface area contributed by atoms with E-state index in [0.29, 0.717) is 13.0 Å². The Morgan fingerprint density at radius 3 is 2.50 bits per heavy atom. The molecule has 1 rings (SSSR count). The van der Waals surface area contributed by atoms with Crippen molar-refractivity contribution >= 4 is 11.9 Å². The Morgan fingerprint density at radius 1 is 1.44 bits per heavy atom. The minimum atomic E-state index is -0.870. The van der Waals surface area contributed by atoms with E-state index in [1.54, 1.807) is 0 Å². The molecule has 3 N–H and O–H groups in total. The van der Waals surface area contributed by atoms with E-state index in [2.05, 4.69) is 10.6 Å². The zero-order valence-corrected chi connectivity index (χ0v) is 11.5. The van der Waals surface area contributed by atoms with Crippen LogP contribution in [-0.4, -0.2) is 36.1 Å². The Balaban J connectivity index is 2.69. The number of carbonyl (C=O) groups is 2. The maximum Gasteiger partial charge on any atom is 0.305 e. The van der Waals surface area contributed by atoms with Gasteiger partial charge in [-0.1, -0.05) is 20.8 Å². The Bertz CT molecular complexity index is 309. The highest BCUT2D eigenvalue weighted by atomic mass is 16.4. The van der Waals surface area contributed by atoms with Crippen molar-refractivity contribution in [2.24, 2.45) is 11.3 Å². The minimum absolute atomic E-state index is 0.00407. The molecule has 0 aromatic carbocycles. The quantitative estimate of drug-likeness (QED) is 0.662. The fraction of sp³-hybridized carbons (Fsp3) is 0.846. The summed E-state index contributed by atoms with van der Waals surface area (Å²) < 4.78 is 0. The van der Waals surface area contributed by atoms with Gasteiger partial charge in [0, 0.05) is 12.6 Å². The van der Waals surface area contributed by atoms with Crippen LogP contribution in [0.15, 0.2) is 0 Å². The number of hydrogen-bond donors (Lipinski definition) is 3. The highest BCUT2D eigenvalue weighted by Gasteiger charge is 2.44. The van der Waals surface area contributed by atoms with E-state index in [1.807, 2.05) is 20.8 Å². The monoisotopic (exact) mass is 256 g/mol. The van der Waals surface area contributed by atoms with Crippen molar-refractivity contribution in [3.05, 3.63) is 0 Å². The highest BCUT2D eigenvalue weighted by Crippen LogP contribution is 2.34. The van der Waals surface area contributed by atoms with Crippen LogP contribution in [-0.2, 0) is 9.59 Å². The van der Waals surface area contributed by atoms with E-state index in [1.165, 1.54) is 0 Å². The van der Waals surface area contributed by atoms with Gasteiger partial charge in [0.1, 0.15) is 0 Å². The maximum atomic E-state index is 12.4. The van der Waals surface area contributed by atoms with Gasteiger partial charge in [0.25, 0.3) is 0 Å². The molecule has 1 aliphatic heterocycles. The summed E-state index contributed by atoms with van der Waals surface area (Å²) in [5.74, 6) is -0.629. The average molecular weight is 256 g/mol. The number of amides is 1. The van der Waals surface area contributed by atoms with Crippen molar-refractivity contribution in [2.75, 3.05) is 13.1 Å². The second-order valence-electron chi connectivity index (χ2n) is 5.41. The van der Waals surface area contributed by atoms with Gasteiger partial charge in [-0.05, 0) is 25.3 Å². The van der Waals surface area contributed by atoms with E-state index in [0.717, 1.165) is 13.0 Å². The summed E-state index contributed by atoms with van der Waals surface area (Å²) in [6, 6.07) is -0.272. The van der Waals surface area contributed by atoms with Gasteiger partial charge in [-0.3, -0.25) is 9.59 Å². The first kappa shape index (κ1) is 15.0. The minimum Gasteiger partial charge on any atom is -0.481 e. The van der Waals surface area contributed by atoms with Crippen LogP contribution in [0.1, 0.15) is 40.0 Å². The molecule has 1 fully saturated rings. The number of carboxylic acid groups (broad SMARTS) is 1. The van der Waals surface area contributed by atoms with Gasteiger partial charge in [-0.2, -0.15) is 0 Å². The third-order valence-corrected chi connectivity index (χ3v) is 3.99. The second-order valence-corrected chi connectivity index (χ2v) is 5.41. The Hall–Kier alpha value is -1.10. The topological polar surface area (TPSA) is 78.4 Å². The molecular formula is C13H24N2O3. The van der Waals surface area contributed by atoms with Crippen molar-refractivity contribution in [1.82, 2.24) is 10.6 Å². The van der Waals surface area contributed by atoms with Crippen molar-refractivity contribution in [2.45, 2.75) is 46.1 Å². The van der Waals surface area contributed by atoms with E-state index >= 15 is 0 Å². The summed E-state index contributed by atoms with van der Waals surface area (Å²) in [5.41, 5.74) is -0.383. The molecular weight excluding hydrogens is 232 g/mol. The van der Waals surface area contributed by atoms with Gasteiger partial charge in [0.15, 0.2) is 0 Å². The third kappa shape index (κ3) is 3.22. The molecule has 1 heterocycles. The van der Waals surface area contributed by atoms with Gasteiger partial charge < -0.3 is 15.7 Å². The predicted octanol–water partition coefficient (Wildman–Crippen LogP) is 0.992. The Morgan fingerprint density at radius 2 is 2.11 bits per heavy atom. The molecule has 18 heavy (non-hydrogen) atoms. The summed E-state index contributed by atoms with van der Waals surface area (Å²) in [6.45, 7) is 7.51. The Labute approximate surface area is 108 Å². The first-order valence-electron chi connectivity index (χ1n) is 6.66. The van der Waals surface area contributed by atoms with Crippen LogP contribution in [0, 0.1) is 11.3 Å². The van der Waals surface area contributed by atoms with Crippen molar-refractivity contribution < 1.29 is 14.7 Å². The van der Waals surface area contributed by atoms with Crippen LogP contribution in [0.5, 0.6) is 0 Å². The van der Waals surface area contributed by atoms with E-state index in [-0.39, 0.29) is 29.7 Å². The van der Waals surface area contributed by atoms with Crippen molar-refractivity contribution in [3.63, 3.8) is 0 Å². The van der Waals surface area contributed by atoms with Gasteiger partial charge in [0.2, 0.25) is 5.91 Å². The molecule has 1 saturated heterocycles. The fourth-order valence-electron chi connectivity index (χ4n) is 2.50. The molecule has 0 radical (unpaired) electrons. The molecule has 0 aromatic rings. The highest BCUT2D eigenvalue weighted by molar-refractivity contribution is 5.84.